The van der Waals surface area contributed by atoms with Gasteiger partial charge >= 0.3 is 5.97 Å². The van der Waals surface area contributed by atoms with Crippen LogP contribution in [-0.4, -0.2) is 36.0 Å². The smallest absolute Gasteiger partial charge is 0.340 e. The third kappa shape index (κ3) is 6.13. The van der Waals surface area contributed by atoms with E-state index in [9.17, 15) is 9.59 Å². The number of anilines is 1. The van der Waals surface area contributed by atoms with Gasteiger partial charge in [0.1, 0.15) is 0 Å². The van der Waals surface area contributed by atoms with Gasteiger partial charge in [-0.3, -0.25) is 4.79 Å². The summed E-state index contributed by atoms with van der Waals surface area (Å²) in [7, 11) is 0. The number of amides is 1. The van der Waals surface area contributed by atoms with Crippen molar-refractivity contribution in [2.45, 2.75) is 39.8 Å². The fourth-order valence-corrected chi connectivity index (χ4v) is 2.81. The van der Waals surface area contributed by atoms with Gasteiger partial charge in [0, 0.05) is 31.2 Å². The zero-order valence-corrected chi connectivity index (χ0v) is 16.3. The molecule has 0 heterocycles. The summed E-state index contributed by atoms with van der Waals surface area (Å²) in [6.45, 7) is 7.19. The molecule has 5 nitrogen and oxygen atoms in total. The second kappa shape index (κ2) is 10.4. The molecule has 0 aliphatic heterocycles. The van der Waals surface area contributed by atoms with E-state index in [4.69, 9.17) is 4.74 Å². The van der Waals surface area contributed by atoms with Crippen LogP contribution in [0.15, 0.2) is 54.6 Å². The average molecular weight is 368 g/mol. The third-order valence-electron chi connectivity index (χ3n) is 4.22. The van der Waals surface area contributed by atoms with E-state index in [-0.39, 0.29) is 17.9 Å². The molecule has 0 fully saturated rings. The van der Waals surface area contributed by atoms with Crippen molar-refractivity contribution in [2.24, 2.45) is 0 Å². The Bertz CT molecular complexity index is 744. The lowest BCUT2D eigenvalue weighted by molar-refractivity contribution is -0.133. The predicted molar refractivity (Wildman–Crippen MR) is 108 cm³/mol. The first kappa shape index (κ1) is 20.5. The number of benzene rings is 2. The minimum Gasteiger partial charge on any atom is -0.462 e. The summed E-state index contributed by atoms with van der Waals surface area (Å²) in [6.07, 6.45) is 0.349. The van der Waals surface area contributed by atoms with Crippen molar-refractivity contribution in [3.05, 3.63) is 65.7 Å². The average Bonchev–Trinajstić information content (AvgIpc) is 2.67. The largest absolute Gasteiger partial charge is 0.462 e. The third-order valence-corrected chi connectivity index (χ3v) is 4.22. The van der Waals surface area contributed by atoms with E-state index in [1.165, 1.54) is 0 Å². The molecular weight excluding hydrogens is 340 g/mol. The summed E-state index contributed by atoms with van der Waals surface area (Å²) < 4.78 is 5.08. The number of esters is 1. The Balaban J connectivity index is 1.95. The van der Waals surface area contributed by atoms with Gasteiger partial charge in [-0.05, 0) is 38.5 Å². The molecule has 0 aromatic heterocycles. The van der Waals surface area contributed by atoms with Gasteiger partial charge < -0.3 is 15.0 Å². The number of hydrogen-bond donors (Lipinski definition) is 1. The maximum atomic E-state index is 12.7. The van der Waals surface area contributed by atoms with Gasteiger partial charge in [-0.15, -0.1) is 0 Å². The van der Waals surface area contributed by atoms with Crippen molar-refractivity contribution in [1.82, 2.24) is 4.90 Å². The molecule has 27 heavy (non-hydrogen) atoms. The van der Waals surface area contributed by atoms with Crippen LogP contribution in [0.2, 0.25) is 0 Å². The monoisotopic (exact) mass is 368 g/mol. The topological polar surface area (TPSA) is 58.6 Å². The highest BCUT2D eigenvalue weighted by Crippen LogP contribution is 2.17. The van der Waals surface area contributed by atoms with Crippen LogP contribution in [0.4, 0.5) is 5.69 Å². The van der Waals surface area contributed by atoms with Crippen molar-refractivity contribution in [3.63, 3.8) is 0 Å². The van der Waals surface area contributed by atoms with E-state index >= 15 is 0 Å². The number of rotatable bonds is 9. The molecule has 2 aromatic carbocycles. The molecule has 5 heteroatoms. The fraction of sp³-hybridized carbons (Fsp3) is 0.364. The number of carbonyl (C=O) groups excluding carboxylic acids is 2. The molecule has 2 rings (SSSR count). The highest BCUT2D eigenvalue weighted by molar-refractivity contribution is 5.95. The zero-order chi connectivity index (χ0) is 19.6. The molecule has 144 valence electrons. The van der Waals surface area contributed by atoms with Crippen molar-refractivity contribution in [3.8, 4) is 0 Å². The normalized spacial score (nSPS) is 10.5. The first-order valence-electron chi connectivity index (χ1n) is 9.36. The number of nitrogens with zero attached hydrogens (tertiary/aromatic N) is 1. The number of ether oxygens (including phenoxy) is 1. The Kier molecular flexibility index (Phi) is 7.86. The number of hydrogen-bond acceptors (Lipinski definition) is 4. The lowest BCUT2D eigenvalue weighted by atomic mass is 10.1. The van der Waals surface area contributed by atoms with Crippen LogP contribution in [0.1, 0.15) is 43.1 Å². The van der Waals surface area contributed by atoms with E-state index in [0.29, 0.717) is 37.4 Å². The van der Waals surface area contributed by atoms with Crippen LogP contribution in [0.25, 0.3) is 0 Å². The summed E-state index contributed by atoms with van der Waals surface area (Å²) in [4.78, 5) is 26.6. The van der Waals surface area contributed by atoms with Crippen LogP contribution < -0.4 is 5.32 Å². The van der Waals surface area contributed by atoms with Crippen molar-refractivity contribution in [1.29, 1.82) is 0 Å². The number of nitrogens with one attached hydrogen (secondary N) is 1. The molecular formula is C22H28N2O3. The van der Waals surface area contributed by atoms with Gasteiger partial charge in [0.25, 0.3) is 0 Å². The maximum absolute atomic E-state index is 12.7. The molecule has 2 aromatic rings. The van der Waals surface area contributed by atoms with Crippen LogP contribution >= 0.6 is 0 Å². The van der Waals surface area contributed by atoms with Crippen molar-refractivity contribution >= 4 is 17.6 Å². The van der Waals surface area contributed by atoms with E-state index in [1.807, 2.05) is 61.2 Å². The molecule has 0 spiro atoms. The molecule has 1 amide bonds. The molecule has 0 atom stereocenters. The molecule has 0 aliphatic carbocycles. The van der Waals surface area contributed by atoms with Crippen LogP contribution in [0.3, 0.4) is 0 Å². The molecule has 0 unspecified atom stereocenters. The first-order valence-corrected chi connectivity index (χ1v) is 9.36. The molecule has 0 bridgehead atoms. The Hall–Kier alpha value is -2.82. The van der Waals surface area contributed by atoms with Gasteiger partial charge in [0.15, 0.2) is 0 Å². The highest BCUT2D eigenvalue weighted by Gasteiger charge is 2.17. The van der Waals surface area contributed by atoms with Crippen molar-refractivity contribution < 1.29 is 14.3 Å². The Morgan fingerprint density at radius 1 is 1.04 bits per heavy atom. The van der Waals surface area contributed by atoms with E-state index in [1.54, 1.807) is 19.1 Å². The predicted octanol–water partition coefficient (Wildman–Crippen LogP) is 4.10. The second-order valence-corrected chi connectivity index (χ2v) is 6.54. The van der Waals surface area contributed by atoms with Gasteiger partial charge in [-0.25, -0.2) is 4.79 Å². The quantitative estimate of drug-likeness (QED) is 0.677. The second-order valence-electron chi connectivity index (χ2n) is 6.54. The standard InChI is InChI=1S/C22H28N2O3/c1-4-27-22(26)19-12-8-9-13-20(19)23-15-14-21(25)24(17(2)3)16-18-10-6-5-7-11-18/h5-13,17,23H,4,14-16H2,1-3H3. The minimum atomic E-state index is -0.361. The number of carbonyl (C=O) groups is 2. The van der Waals surface area contributed by atoms with Gasteiger partial charge in [-0.1, -0.05) is 42.5 Å². The molecule has 0 aliphatic rings. The van der Waals surface area contributed by atoms with E-state index < -0.39 is 0 Å². The summed E-state index contributed by atoms with van der Waals surface area (Å²) >= 11 is 0. The highest BCUT2D eigenvalue weighted by atomic mass is 16.5. The minimum absolute atomic E-state index is 0.0787. The molecule has 0 saturated heterocycles. The first-order chi connectivity index (χ1) is 13.0. The van der Waals surface area contributed by atoms with Gasteiger partial charge in [-0.2, -0.15) is 0 Å². The fourth-order valence-electron chi connectivity index (χ4n) is 2.81. The molecule has 0 radical (unpaired) electrons. The van der Waals surface area contributed by atoms with E-state index in [2.05, 4.69) is 5.32 Å². The van der Waals surface area contributed by atoms with Crippen molar-refractivity contribution in [2.75, 3.05) is 18.5 Å². The maximum Gasteiger partial charge on any atom is 0.340 e. The van der Waals surface area contributed by atoms with Crippen LogP contribution in [-0.2, 0) is 16.1 Å². The molecule has 0 saturated carbocycles. The Labute approximate surface area is 161 Å². The number of para-hydroxylation sites is 1. The van der Waals surface area contributed by atoms with Gasteiger partial charge in [0.05, 0.1) is 12.2 Å². The summed E-state index contributed by atoms with van der Waals surface area (Å²) in [5.74, 6) is -0.283. The zero-order valence-electron chi connectivity index (χ0n) is 16.3. The summed E-state index contributed by atoms with van der Waals surface area (Å²) in [5.41, 5.74) is 2.28. The van der Waals surface area contributed by atoms with Crippen LogP contribution in [0, 0.1) is 0 Å². The lowest BCUT2D eigenvalue weighted by Crippen LogP contribution is -2.37. The van der Waals surface area contributed by atoms with Gasteiger partial charge in [0.2, 0.25) is 5.91 Å². The SMILES string of the molecule is CCOC(=O)c1ccccc1NCCC(=O)N(Cc1ccccc1)C(C)C. The Morgan fingerprint density at radius 3 is 2.37 bits per heavy atom. The Morgan fingerprint density at radius 2 is 1.70 bits per heavy atom. The summed E-state index contributed by atoms with van der Waals surface area (Å²) in [5, 5.41) is 3.19. The van der Waals surface area contributed by atoms with E-state index in [0.717, 1.165) is 5.56 Å². The lowest BCUT2D eigenvalue weighted by Gasteiger charge is -2.27. The summed E-state index contributed by atoms with van der Waals surface area (Å²) in [6, 6.07) is 17.3. The molecule has 1 N–H and O–H groups in total. The van der Waals surface area contributed by atoms with Crippen LogP contribution in [0.5, 0.6) is 0 Å².